The average Bonchev–Trinajstić information content (AvgIpc) is 3.33. The normalized spacial score (nSPS) is 15.1. The van der Waals surface area contributed by atoms with E-state index < -0.39 is 0 Å². The first-order chi connectivity index (χ1) is 12.2. The van der Waals surface area contributed by atoms with Crippen LogP contribution in [-0.4, -0.2) is 15.8 Å². The summed E-state index contributed by atoms with van der Waals surface area (Å²) in [6, 6.07) is 4.14. The maximum atomic E-state index is 12.4. The van der Waals surface area contributed by atoms with Crippen molar-refractivity contribution < 1.29 is 4.79 Å². The van der Waals surface area contributed by atoms with E-state index in [2.05, 4.69) is 28.1 Å². The van der Waals surface area contributed by atoms with Crippen molar-refractivity contribution in [1.82, 2.24) is 14.5 Å². The number of nitrogens with one attached hydrogen (secondary N) is 2. The van der Waals surface area contributed by atoms with E-state index in [1.165, 1.54) is 47.0 Å². The highest BCUT2D eigenvalue weighted by molar-refractivity contribution is 7.97. The summed E-state index contributed by atoms with van der Waals surface area (Å²) in [4.78, 5) is 12.4. The second-order valence-electron chi connectivity index (χ2n) is 6.81. The predicted octanol–water partition coefficient (Wildman–Crippen LogP) is 4.10. The molecule has 2 N–H and O–H groups in total. The fourth-order valence-electron chi connectivity index (χ4n) is 3.96. The smallest absolute Gasteiger partial charge is 0.307 e. The number of urea groups is 1. The van der Waals surface area contributed by atoms with Gasteiger partial charge in [0, 0.05) is 30.4 Å². The van der Waals surface area contributed by atoms with Crippen LogP contribution in [0, 0.1) is 0 Å². The minimum Gasteiger partial charge on any atom is -0.307 e. The van der Waals surface area contributed by atoms with Crippen molar-refractivity contribution in [2.24, 2.45) is 0 Å². The molecule has 0 saturated carbocycles. The van der Waals surface area contributed by atoms with Gasteiger partial charge in [-0.1, -0.05) is 13.0 Å². The van der Waals surface area contributed by atoms with Crippen molar-refractivity contribution in [3.63, 3.8) is 0 Å². The van der Waals surface area contributed by atoms with E-state index in [-0.39, 0.29) is 6.03 Å². The van der Waals surface area contributed by atoms with Gasteiger partial charge in [-0.15, -0.1) is 0 Å². The molecule has 6 heteroatoms. The summed E-state index contributed by atoms with van der Waals surface area (Å²) in [5, 5.41) is 8.38. The SMILES string of the molecule is CCCn1ccc(SNC(=O)Nc2c3c(cc4c2CCC4)CCC3)n1. The third-order valence-electron chi connectivity index (χ3n) is 5.03. The van der Waals surface area contributed by atoms with E-state index in [0.717, 1.165) is 49.4 Å². The molecule has 0 bridgehead atoms. The number of nitrogens with zero attached hydrogens (tertiary/aromatic N) is 2. The van der Waals surface area contributed by atoms with Crippen molar-refractivity contribution in [3.05, 3.63) is 40.6 Å². The minimum absolute atomic E-state index is 0.163. The van der Waals surface area contributed by atoms with Crippen molar-refractivity contribution in [2.75, 3.05) is 5.32 Å². The molecular formula is C19H24N4OS. The fourth-order valence-corrected chi connectivity index (χ4v) is 4.48. The third kappa shape index (κ3) is 3.40. The average molecular weight is 356 g/mol. The molecule has 1 heterocycles. The third-order valence-corrected chi connectivity index (χ3v) is 5.74. The molecule has 2 aliphatic rings. The van der Waals surface area contributed by atoms with Crippen LogP contribution in [0.5, 0.6) is 0 Å². The largest absolute Gasteiger partial charge is 0.329 e. The molecule has 0 aliphatic heterocycles. The van der Waals surface area contributed by atoms with E-state index in [0.29, 0.717) is 0 Å². The highest BCUT2D eigenvalue weighted by Gasteiger charge is 2.24. The molecule has 0 unspecified atom stereocenters. The number of hydrogen-bond acceptors (Lipinski definition) is 3. The van der Waals surface area contributed by atoms with Crippen LogP contribution in [0.2, 0.25) is 0 Å². The Hall–Kier alpha value is -1.95. The standard InChI is InChI=1S/C19H24N4OS/c1-2-10-23-11-9-17(21-23)25-22-19(24)20-18-15-7-3-5-13(15)12-14-6-4-8-16(14)18/h9,11-12H,2-8,10H2,1H3,(H2,20,22,24). The maximum absolute atomic E-state index is 12.4. The second-order valence-corrected chi connectivity index (χ2v) is 7.64. The zero-order valence-corrected chi connectivity index (χ0v) is 15.4. The molecule has 0 spiro atoms. The molecule has 4 rings (SSSR count). The van der Waals surface area contributed by atoms with E-state index >= 15 is 0 Å². The maximum Gasteiger partial charge on any atom is 0.329 e. The summed E-state index contributed by atoms with van der Waals surface area (Å²) in [6.07, 6.45) is 9.81. The Labute approximate surface area is 152 Å². The molecule has 132 valence electrons. The molecule has 0 fully saturated rings. The summed E-state index contributed by atoms with van der Waals surface area (Å²) in [7, 11) is 0. The Kier molecular flexibility index (Phi) is 4.70. The zero-order chi connectivity index (χ0) is 17.2. The number of aryl methyl sites for hydroxylation is 3. The highest BCUT2D eigenvalue weighted by Crippen LogP contribution is 2.38. The van der Waals surface area contributed by atoms with Crippen LogP contribution < -0.4 is 10.0 Å². The topological polar surface area (TPSA) is 59.0 Å². The summed E-state index contributed by atoms with van der Waals surface area (Å²) in [6.45, 7) is 3.02. The van der Waals surface area contributed by atoms with Crippen LogP contribution >= 0.6 is 11.9 Å². The van der Waals surface area contributed by atoms with Crippen LogP contribution in [0.1, 0.15) is 48.4 Å². The Balaban J connectivity index is 1.44. The van der Waals surface area contributed by atoms with Crippen LogP contribution in [0.4, 0.5) is 10.5 Å². The van der Waals surface area contributed by atoms with Gasteiger partial charge in [-0.25, -0.2) is 4.79 Å². The van der Waals surface area contributed by atoms with E-state index in [9.17, 15) is 4.79 Å². The quantitative estimate of drug-likeness (QED) is 0.793. The fraction of sp³-hybridized carbons (Fsp3) is 0.474. The molecule has 2 aromatic rings. The van der Waals surface area contributed by atoms with Crippen molar-refractivity contribution in [2.45, 2.75) is 63.4 Å². The Morgan fingerprint density at radius 1 is 1.20 bits per heavy atom. The number of fused-ring (bicyclic) bond motifs is 2. The Morgan fingerprint density at radius 3 is 2.60 bits per heavy atom. The van der Waals surface area contributed by atoms with Crippen molar-refractivity contribution in [3.8, 4) is 0 Å². The Bertz CT molecular complexity index is 767. The predicted molar refractivity (Wildman–Crippen MR) is 101 cm³/mol. The molecule has 1 aromatic heterocycles. The summed E-state index contributed by atoms with van der Waals surface area (Å²) in [5.74, 6) is 0. The molecule has 0 atom stereocenters. The van der Waals surface area contributed by atoms with Gasteiger partial charge in [-0.2, -0.15) is 5.10 Å². The van der Waals surface area contributed by atoms with Gasteiger partial charge in [0.1, 0.15) is 5.03 Å². The first-order valence-corrected chi connectivity index (χ1v) is 10.00. The van der Waals surface area contributed by atoms with Gasteiger partial charge in [0.15, 0.2) is 0 Å². The highest BCUT2D eigenvalue weighted by atomic mass is 32.2. The summed E-state index contributed by atoms with van der Waals surface area (Å²) < 4.78 is 4.78. The molecule has 25 heavy (non-hydrogen) atoms. The van der Waals surface area contributed by atoms with Crippen LogP contribution in [0.25, 0.3) is 0 Å². The number of anilines is 1. The molecular weight excluding hydrogens is 332 g/mol. The Morgan fingerprint density at radius 2 is 1.92 bits per heavy atom. The molecule has 1 aromatic carbocycles. The first kappa shape index (κ1) is 16.5. The van der Waals surface area contributed by atoms with Gasteiger partial charge in [0.25, 0.3) is 0 Å². The van der Waals surface area contributed by atoms with E-state index in [1.54, 1.807) is 0 Å². The molecule has 5 nitrogen and oxygen atoms in total. The van der Waals surface area contributed by atoms with Gasteiger partial charge in [-0.3, -0.25) is 9.40 Å². The lowest BCUT2D eigenvalue weighted by atomic mass is 9.99. The number of rotatable bonds is 5. The van der Waals surface area contributed by atoms with E-state index in [1.807, 2.05) is 16.9 Å². The number of carbonyl (C=O) groups excluding carboxylic acids is 1. The summed E-state index contributed by atoms with van der Waals surface area (Å²) >= 11 is 1.27. The number of amides is 2. The lowest BCUT2D eigenvalue weighted by Crippen LogP contribution is -2.24. The number of benzene rings is 1. The number of hydrogen-bond donors (Lipinski definition) is 2. The molecule has 2 aliphatic carbocycles. The zero-order valence-electron chi connectivity index (χ0n) is 14.6. The van der Waals surface area contributed by atoms with Gasteiger partial charge in [-0.05, 0) is 73.3 Å². The second kappa shape index (κ2) is 7.12. The monoisotopic (exact) mass is 356 g/mol. The summed E-state index contributed by atoms with van der Waals surface area (Å²) in [5.41, 5.74) is 6.65. The van der Waals surface area contributed by atoms with Gasteiger partial charge < -0.3 is 5.32 Å². The number of carbonyl (C=O) groups is 1. The minimum atomic E-state index is -0.163. The van der Waals surface area contributed by atoms with Crippen LogP contribution in [0.15, 0.2) is 23.4 Å². The van der Waals surface area contributed by atoms with Crippen molar-refractivity contribution >= 4 is 23.7 Å². The molecule has 0 saturated heterocycles. The lowest BCUT2D eigenvalue weighted by Gasteiger charge is -2.16. The van der Waals surface area contributed by atoms with Gasteiger partial charge in [0.05, 0.1) is 0 Å². The molecule has 0 radical (unpaired) electrons. The van der Waals surface area contributed by atoms with E-state index in [4.69, 9.17) is 0 Å². The van der Waals surface area contributed by atoms with Gasteiger partial charge in [0.2, 0.25) is 0 Å². The lowest BCUT2D eigenvalue weighted by molar-refractivity contribution is 0.257. The van der Waals surface area contributed by atoms with Crippen LogP contribution in [-0.2, 0) is 32.2 Å². The first-order valence-electron chi connectivity index (χ1n) is 9.18. The number of aromatic nitrogens is 2. The van der Waals surface area contributed by atoms with Crippen molar-refractivity contribution in [1.29, 1.82) is 0 Å². The van der Waals surface area contributed by atoms with Crippen LogP contribution in [0.3, 0.4) is 0 Å². The van der Waals surface area contributed by atoms with Gasteiger partial charge >= 0.3 is 6.03 Å². The molecule has 2 amide bonds.